The fraction of sp³-hybridized carbons (Fsp3) is 1.00. The quantitative estimate of drug-likeness (QED) is 0.497. The average Bonchev–Trinajstić information content (AvgIpc) is 1.84. The lowest BCUT2D eigenvalue weighted by atomic mass is 10.9. The van der Waals surface area contributed by atoms with Crippen LogP contribution in [-0.4, -0.2) is 13.8 Å². The van der Waals surface area contributed by atoms with Crippen molar-refractivity contribution in [3.63, 3.8) is 0 Å². The highest BCUT2D eigenvalue weighted by Crippen LogP contribution is 2.32. The summed E-state index contributed by atoms with van der Waals surface area (Å²) in [7, 11) is -1.23. The Morgan fingerprint density at radius 3 is 1.30 bits per heavy atom. The van der Waals surface area contributed by atoms with E-state index in [1.54, 1.807) is 0 Å². The molecule has 0 radical (unpaired) electrons. The molecule has 0 nitrogen and oxygen atoms in total. The zero-order valence-corrected chi connectivity index (χ0v) is 10.7. The first-order valence-corrected chi connectivity index (χ1v) is 12.2. The first-order valence-electron chi connectivity index (χ1n) is 3.75. The van der Waals surface area contributed by atoms with E-state index in [0.717, 1.165) is 0 Å². The van der Waals surface area contributed by atoms with Crippen LogP contribution < -0.4 is 0 Å². The second-order valence-electron chi connectivity index (χ2n) is 3.16. The molecule has 10 heavy (non-hydrogen) atoms. The minimum atomic E-state index is -1.83. The Kier molecular flexibility index (Phi) is 3.98. The molecular weight excluding hydrogens is 199 g/mol. The lowest BCUT2D eigenvalue weighted by Gasteiger charge is -2.31. The van der Waals surface area contributed by atoms with Crippen LogP contribution in [0.25, 0.3) is 0 Å². The first kappa shape index (κ1) is 11.0. The SMILES string of the molecule is CC[Si](C)(CC)[Si](C)(Cl)Cl. The van der Waals surface area contributed by atoms with Crippen molar-refractivity contribution in [3.8, 4) is 0 Å². The molecule has 0 aromatic carbocycles. The van der Waals surface area contributed by atoms with Crippen LogP contribution in [0.5, 0.6) is 0 Å². The summed E-state index contributed by atoms with van der Waals surface area (Å²) in [6.07, 6.45) is -1.83. The van der Waals surface area contributed by atoms with Gasteiger partial charge in [-0.1, -0.05) is 32.5 Å². The summed E-state index contributed by atoms with van der Waals surface area (Å²) in [6.45, 7) is 8.81. The van der Waals surface area contributed by atoms with Crippen molar-refractivity contribution in [1.29, 1.82) is 0 Å². The number of rotatable bonds is 3. The molecule has 0 saturated carbocycles. The highest BCUT2D eigenvalue weighted by atomic mass is 35.7. The van der Waals surface area contributed by atoms with Crippen molar-refractivity contribution >= 4 is 36.0 Å². The molecule has 0 atom stereocenters. The molecule has 0 bridgehead atoms. The number of halogens is 2. The van der Waals surface area contributed by atoms with Gasteiger partial charge in [0.15, 0.2) is 0 Å². The van der Waals surface area contributed by atoms with Gasteiger partial charge in [-0.15, -0.1) is 0 Å². The Morgan fingerprint density at radius 1 is 1.00 bits per heavy atom. The first-order chi connectivity index (χ1) is 4.37. The Hall–Kier alpha value is 1.01. The minimum Gasteiger partial charge on any atom is -0.150 e. The highest BCUT2D eigenvalue weighted by Gasteiger charge is 2.43. The van der Waals surface area contributed by atoms with E-state index in [1.807, 2.05) is 0 Å². The molecule has 0 N–H and O–H groups in total. The van der Waals surface area contributed by atoms with Crippen LogP contribution in [0.15, 0.2) is 0 Å². The lowest BCUT2D eigenvalue weighted by Crippen LogP contribution is -2.50. The van der Waals surface area contributed by atoms with Gasteiger partial charge in [0, 0.05) is 0 Å². The molecule has 0 spiro atoms. The zero-order valence-electron chi connectivity index (χ0n) is 7.17. The second-order valence-corrected chi connectivity index (χ2v) is 23.1. The van der Waals surface area contributed by atoms with Gasteiger partial charge >= 0.3 is 0 Å². The molecule has 0 aliphatic heterocycles. The smallest absolute Gasteiger partial charge is 0.150 e. The summed E-state index contributed by atoms with van der Waals surface area (Å²) in [4.78, 5) is 0. The molecular formula is C6H16Cl2Si2. The Bertz CT molecular complexity index is 105. The second kappa shape index (κ2) is 3.61. The standard InChI is InChI=1S/C6H16Cl2Si2/c1-5-9(3,6-2)10(4,7)8/h5-6H2,1-4H3. The van der Waals surface area contributed by atoms with E-state index in [-0.39, 0.29) is 0 Å². The van der Waals surface area contributed by atoms with E-state index in [4.69, 9.17) is 22.2 Å². The summed E-state index contributed by atoms with van der Waals surface area (Å²) in [5.41, 5.74) is 0. The van der Waals surface area contributed by atoms with Gasteiger partial charge in [-0.25, -0.2) is 0 Å². The Balaban J connectivity index is 4.33. The maximum atomic E-state index is 6.21. The van der Waals surface area contributed by atoms with Crippen LogP contribution in [0, 0.1) is 0 Å². The Morgan fingerprint density at radius 2 is 1.30 bits per heavy atom. The molecule has 0 unspecified atom stereocenters. The van der Waals surface area contributed by atoms with Crippen LogP contribution in [0.2, 0.25) is 25.2 Å². The van der Waals surface area contributed by atoms with E-state index in [0.29, 0.717) is 0 Å². The molecule has 4 heteroatoms. The van der Waals surface area contributed by atoms with Gasteiger partial charge in [0.25, 0.3) is 0 Å². The number of hydrogen-bond donors (Lipinski definition) is 0. The molecule has 0 fully saturated rings. The van der Waals surface area contributed by atoms with E-state index >= 15 is 0 Å². The van der Waals surface area contributed by atoms with Crippen LogP contribution in [-0.2, 0) is 0 Å². The third kappa shape index (κ3) is 2.26. The predicted octanol–water partition coefficient (Wildman–Crippen LogP) is 3.73. The fourth-order valence-corrected chi connectivity index (χ4v) is 11.1. The molecule has 0 aromatic rings. The normalized spacial score (nSPS) is 13.8. The van der Waals surface area contributed by atoms with Crippen LogP contribution >= 0.6 is 22.2 Å². The minimum absolute atomic E-state index is 1.22. The third-order valence-electron chi connectivity index (χ3n) is 2.62. The number of hydrogen-bond acceptors (Lipinski definition) is 0. The summed E-state index contributed by atoms with van der Waals surface area (Å²) < 4.78 is 0. The summed E-state index contributed by atoms with van der Waals surface area (Å²) >= 11 is 12.4. The van der Waals surface area contributed by atoms with Crippen LogP contribution in [0.1, 0.15) is 13.8 Å². The highest BCUT2D eigenvalue weighted by molar-refractivity contribution is 7.74. The van der Waals surface area contributed by atoms with Crippen molar-refractivity contribution < 1.29 is 0 Å². The van der Waals surface area contributed by atoms with E-state index < -0.39 is 13.8 Å². The molecule has 0 rings (SSSR count). The van der Waals surface area contributed by atoms with Crippen molar-refractivity contribution in [2.75, 3.05) is 0 Å². The monoisotopic (exact) mass is 214 g/mol. The van der Waals surface area contributed by atoms with Crippen molar-refractivity contribution in [3.05, 3.63) is 0 Å². The van der Waals surface area contributed by atoms with Gasteiger partial charge in [0.2, 0.25) is 6.21 Å². The Labute approximate surface area is 75.1 Å². The molecule has 0 amide bonds. The summed E-state index contributed by atoms with van der Waals surface area (Å²) in [6, 6.07) is 2.44. The van der Waals surface area contributed by atoms with Crippen LogP contribution in [0.4, 0.5) is 0 Å². The maximum Gasteiger partial charge on any atom is 0.235 e. The van der Waals surface area contributed by atoms with Gasteiger partial charge in [-0.05, 0) is 6.55 Å². The molecule has 0 aliphatic carbocycles. The van der Waals surface area contributed by atoms with Gasteiger partial charge in [-0.3, -0.25) is 0 Å². The van der Waals surface area contributed by atoms with Crippen molar-refractivity contribution in [2.45, 2.75) is 39.0 Å². The lowest BCUT2D eigenvalue weighted by molar-refractivity contribution is 1.29. The third-order valence-corrected chi connectivity index (χ3v) is 24.6. The predicted molar refractivity (Wildman–Crippen MR) is 55.9 cm³/mol. The van der Waals surface area contributed by atoms with Gasteiger partial charge < -0.3 is 0 Å². The van der Waals surface area contributed by atoms with Crippen LogP contribution in [0.3, 0.4) is 0 Å². The van der Waals surface area contributed by atoms with Gasteiger partial charge in [-0.2, -0.15) is 22.2 Å². The van der Waals surface area contributed by atoms with Gasteiger partial charge in [0.1, 0.15) is 0 Å². The van der Waals surface area contributed by atoms with E-state index in [1.165, 1.54) is 12.1 Å². The summed E-state index contributed by atoms with van der Waals surface area (Å²) in [5.74, 6) is 0. The molecule has 0 saturated heterocycles. The molecule has 0 aromatic heterocycles. The molecule has 62 valence electrons. The molecule has 0 heterocycles. The topological polar surface area (TPSA) is 0 Å². The van der Waals surface area contributed by atoms with Crippen molar-refractivity contribution in [1.82, 2.24) is 0 Å². The summed E-state index contributed by atoms with van der Waals surface area (Å²) in [5, 5.41) is 0. The maximum absolute atomic E-state index is 6.21. The zero-order chi connectivity index (χ0) is 8.41. The van der Waals surface area contributed by atoms with E-state index in [2.05, 4.69) is 26.9 Å². The van der Waals surface area contributed by atoms with E-state index in [9.17, 15) is 0 Å². The van der Waals surface area contributed by atoms with Gasteiger partial charge in [0.05, 0.1) is 7.59 Å². The average molecular weight is 215 g/mol. The fourth-order valence-electron chi connectivity index (χ4n) is 0.871. The largest absolute Gasteiger partial charge is 0.235 e. The van der Waals surface area contributed by atoms with Crippen molar-refractivity contribution in [2.24, 2.45) is 0 Å². The molecule has 0 aliphatic rings.